The highest BCUT2D eigenvalue weighted by Gasteiger charge is 2.33. The summed E-state index contributed by atoms with van der Waals surface area (Å²) in [5.74, 6) is 5.91. The van der Waals surface area contributed by atoms with Crippen molar-refractivity contribution in [3.63, 3.8) is 0 Å². The molecule has 0 fully saturated rings. The molecule has 1 aliphatic rings. The van der Waals surface area contributed by atoms with Crippen LogP contribution in [-0.2, 0) is 28.0 Å². The number of rotatable bonds is 5. The number of methoxy groups -OCH3 is 1. The molecule has 4 aromatic rings. The van der Waals surface area contributed by atoms with Gasteiger partial charge in [-0.1, -0.05) is 18.1 Å². The maximum absolute atomic E-state index is 13.0. The summed E-state index contributed by atoms with van der Waals surface area (Å²) in [5.41, 5.74) is 4.37. The Morgan fingerprint density at radius 1 is 1.15 bits per heavy atom. The van der Waals surface area contributed by atoms with E-state index in [9.17, 15) is 10.1 Å². The van der Waals surface area contributed by atoms with Crippen molar-refractivity contribution in [1.82, 2.24) is 20.3 Å². The molecule has 0 aliphatic carbocycles. The van der Waals surface area contributed by atoms with Gasteiger partial charge in [-0.15, -0.1) is 0 Å². The van der Waals surface area contributed by atoms with Crippen LogP contribution in [0.3, 0.4) is 0 Å². The van der Waals surface area contributed by atoms with Crippen LogP contribution in [0.15, 0.2) is 60.8 Å². The highest BCUT2D eigenvalue weighted by Crippen LogP contribution is 2.32. The Bertz CT molecular complexity index is 1710. The third-order valence-corrected chi connectivity index (χ3v) is 6.94. The minimum absolute atomic E-state index is 0.231. The number of fused-ring (bicyclic) bond motifs is 2. The van der Waals surface area contributed by atoms with Crippen molar-refractivity contribution in [2.24, 2.45) is 0 Å². The molecule has 200 valence electrons. The molecule has 0 unspecified atom stereocenters. The zero-order valence-electron chi connectivity index (χ0n) is 22.9. The Kier molecular flexibility index (Phi) is 7.32. The number of nitrogens with zero attached hydrogens (tertiary/aromatic N) is 4. The maximum Gasteiger partial charge on any atom is 0.251 e. The summed E-state index contributed by atoms with van der Waals surface area (Å²) in [5, 5.41) is 13.5. The molecule has 1 aromatic carbocycles. The van der Waals surface area contributed by atoms with E-state index in [1.807, 2.05) is 63.2 Å². The van der Waals surface area contributed by atoms with Gasteiger partial charge in [-0.25, -0.2) is 9.97 Å². The van der Waals surface area contributed by atoms with Gasteiger partial charge in [0.25, 0.3) is 5.91 Å². The molecule has 1 N–H and O–H groups in total. The van der Waals surface area contributed by atoms with E-state index in [4.69, 9.17) is 14.5 Å². The molecule has 1 atom stereocenters. The second kappa shape index (κ2) is 10.9. The standard InChI is InChI=1S/C32H29N5O3/c1-31(2,39-4)13-12-24-6-5-7-27(36-24)28-11-10-22-16-34-25(15-29(22)37-28)17-35-30(38)21-8-9-23-18-40-20-32(3,19-33)26(23)14-21/h5-11,14-16H,17-18,20H2,1-4H3,(H,35,38)/t32-/m1/s1. The van der Waals surface area contributed by atoms with Crippen molar-refractivity contribution in [3.05, 3.63) is 88.9 Å². The van der Waals surface area contributed by atoms with E-state index < -0.39 is 11.0 Å². The van der Waals surface area contributed by atoms with Crippen molar-refractivity contribution < 1.29 is 14.3 Å². The molecule has 8 heteroatoms. The van der Waals surface area contributed by atoms with E-state index in [1.54, 1.807) is 25.4 Å². The van der Waals surface area contributed by atoms with Gasteiger partial charge in [0.05, 0.1) is 48.4 Å². The summed E-state index contributed by atoms with van der Waals surface area (Å²) < 4.78 is 10.9. The molecule has 0 saturated carbocycles. The molecule has 0 spiro atoms. The van der Waals surface area contributed by atoms with Gasteiger partial charge < -0.3 is 14.8 Å². The normalized spacial score (nSPS) is 16.4. The first kappa shape index (κ1) is 27.0. The van der Waals surface area contributed by atoms with E-state index in [0.29, 0.717) is 41.6 Å². The van der Waals surface area contributed by atoms with Gasteiger partial charge in [-0.2, -0.15) is 5.26 Å². The summed E-state index contributed by atoms with van der Waals surface area (Å²) >= 11 is 0. The SMILES string of the molecule is COC(C)(C)C#Cc1cccc(-c2ccc3cnc(CNC(=O)c4ccc5c(c4)[C@](C)(C#N)COC5)cc3n2)n1. The van der Waals surface area contributed by atoms with Gasteiger partial charge in [0.2, 0.25) is 0 Å². The van der Waals surface area contributed by atoms with Crippen LogP contribution < -0.4 is 5.32 Å². The molecular weight excluding hydrogens is 502 g/mol. The first-order chi connectivity index (χ1) is 19.2. The summed E-state index contributed by atoms with van der Waals surface area (Å²) in [6.45, 7) is 6.59. The highest BCUT2D eigenvalue weighted by atomic mass is 16.5. The van der Waals surface area contributed by atoms with Crippen molar-refractivity contribution in [1.29, 1.82) is 5.26 Å². The fraction of sp³-hybridized carbons (Fsp3) is 0.281. The molecule has 4 heterocycles. The number of amides is 1. The van der Waals surface area contributed by atoms with E-state index in [-0.39, 0.29) is 12.5 Å². The summed E-state index contributed by atoms with van der Waals surface area (Å²) in [6.07, 6.45) is 1.74. The quantitative estimate of drug-likeness (QED) is 0.372. The first-order valence-corrected chi connectivity index (χ1v) is 12.9. The second-order valence-electron chi connectivity index (χ2n) is 10.4. The van der Waals surface area contributed by atoms with Gasteiger partial charge in [0.15, 0.2) is 0 Å². The fourth-order valence-electron chi connectivity index (χ4n) is 4.38. The third-order valence-electron chi connectivity index (χ3n) is 6.94. The lowest BCUT2D eigenvalue weighted by Gasteiger charge is -2.30. The number of hydrogen-bond acceptors (Lipinski definition) is 7. The molecule has 0 radical (unpaired) electrons. The maximum atomic E-state index is 13.0. The Balaban J connectivity index is 1.34. The monoisotopic (exact) mass is 531 g/mol. The smallest absolute Gasteiger partial charge is 0.251 e. The number of ether oxygens (including phenoxy) is 2. The van der Waals surface area contributed by atoms with E-state index in [0.717, 1.165) is 22.0 Å². The number of aromatic nitrogens is 3. The molecule has 0 bridgehead atoms. The lowest BCUT2D eigenvalue weighted by Crippen LogP contribution is -2.33. The number of carbonyl (C=O) groups is 1. The Hall–Kier alpha value is -4.63. The average Bonchev–Trinajstić information content (AvgIpc) is 2.98. The van der Waals surface area contributed by atoms with Crippen molar-refractivity contribution >= 4 is 16.8 Å². The lowest BCUT2D eigenvalue weighted by molar-refractivity contribution is 0.0741. The molecule has 5 rings (SSSR count). The molecular formula is C32H29N5O3. The molecule has 8 nitrogen and oxygen atoms in total. The third kappa shape index (κ3) is 5.69. The largest absolute Gasteiger partial charge is 0.375 e. The fourth-order valence-corrected chi connectivity index (χ4v) is 4.38. The highest BCUT2D eigenvalue weighted by molar-refractivity contribution is 5.94. The van der Waals surface area contributed by atoms with Crippen LogP contribution in [0.1, 0.15) is 53.6 Å². The number of nitrogens with one attached hydrogen (secondary N) is 1. The molecule has 0 saturated heterocycles. The predicted octanol–water partition coefficient (Wildman–Crippen LogP) is 4.71. The molecule has 40 heavy (non-hydrogen) atoms. The topological polar surface area (TPSA) is 110 Å². The van der Waals surface area contributed by atoms with Gasteiger partial charge in [0, 0.05) is 24.3 Å². The Morgan fingerprint density at radius 2 is 1.98 bits per heavy atom. The van der Waals surface area contributed by atoms with Crippen LogP contribution >= 0.6 is 0 Å². The van der Waals surface area contributed by atoms with Gasteiger partial charge in [-0.05, 0) is 80.3 Å². The van der Waals surface area contributed by atoms with Crippen LogP contribution in [0.5, 0.6) is 0 Å². The van der Waals surface area contributed by atoms with Crippen LogP contribution in [0, 0.1) is 23.2 Å². The van der Waals surface area contributed by atoms with Crippen molar-refractivity contribution in [2.45, 2.75) is 44.9 Å². The number of hydrogen-bond donors (Lipinski definition) is 1. The van der Waals surface area contributed by atoms with Gasteiger partial charge >= 0.3 is 0 Å². The molecule has 3 aromatic heterocycles. The molecule has 1 aliphatic heterocycles. The Labute approximate surface area is 233 Å². The van der Waals surface area contributed by atoms with E-state index in [2.05, 4.69) is 33.2 Å². The summed E-state index contributed by atoms with van der Waals surface area (Å²) in [7, 11) is 1.63. The summed E-state index contributed by atoms with van der Waals surface area (Å²) in [4.78, 5) is 26.9. The number of pyridine rings is 3. The van der Waals surface area contributed by atoms with Crippen molar-refractivity contribution in [2.75, 3.05) is 13.7 Å². The predicted molar refractivity (Wildman–Crippen MR) is 151 cm³/mol. The zero-order chi connectivity index (χ0) is 28.3. The van der Waals surface area contributed by atoms with Crippen LogP contribution in [0.4, 0.5) is 0 Å². The molecule has 1 amide bonds. The zero-order valence-corrected chi connectivity index (χ0v) is 22.9. The van der Waals surface area contributed by atoms with E-state index >= 15 is 0 Å². The number of nitriles is 1. The number of carbonyl (C=O) groups excluding carboxylic acids is 1. The average molecular weight is 532 g/mol. The van der Waals surface area contributed by atoms with Gasteiger partial charge in [-0.3, -0.25) is 9.78 Å². The lowest BCUT2D eigenvalue weighted by atomic mass is 9.79. The van der Waals surface area contributed by atoms with Gasteiger partial charge in [0.1, 0.15) is 16.7 Å². The minimum atomic E-state index is -0.783. The second-order valence-corrected chi connectivity index (χ2v) is 10.4. The van der Waals surface area contributed by atoms with E-state index in [1.165, 1.54) is 0 Å². The van der Waals surface area contributed by atoms with Crippen LogP contribution in [-0.4, -0.2) is 40.2 Å². The Morgan fingerprint density at radius 3 is 2.77 bits per heavy atom. The summed E-state index contributed by atoms with van der Waals surface area (Å²) in [6, 6.07) is 19.1. The van der Waals surface area contributed by atoms with Crippen LogP contribution in [0.2, 0.25) is 0 Å². The van der Waals surface area contributed by atoms with Crippen LogP contribution in [0.25, 0.3) is 22.3 Å². The number of benzene rings is 1. The minimum Gasteiger partial charge on any atom is -0.375 e. The van der Waals surface area contributed by atoms with Crippen molar-refractivity contribution in [3.8, 4) is 29.3 Å². The first-order valence-electron chi connectivity index (χ1n) is 12.9.